The lowest BCUT2D eigenvalue weighted by atomic mass is 10.0. The van der Waals surface area contributed by atoms with Gasteiger partial charge in [0.15, 0.2) is 0 Å². The molecule has 1 heterocycles. The molecule has 0 aromatic heterocycles. The third-order valence-corrected chi connectivity index (χ3v) is 6.05. The predicted molar refractivity (Wildman–Crippen MR) is 112 cm³/mol. The maximum absolute atomic E-state index is 12.9. The average Bonchev–Trinajstić information content (AvgIpc) is 3.23. The molecule has 0 atom stereocenters. The number of imide groups is 1. The summed E-state index contributed by atoms with van der Waals surface area (Å²) in [7, 11) is 0. The SMILES string of the molecule is CCOc1cc2c(cc1/C=C1/SC(=O)N(Cc3ccc(C)cc3)C1=O)CCC2. The fourth-order valence-corrected chi connectivity index (χ4v) is 4.50. The molecule has 2 aliphatic rings. The number of rotatable bonds is 5. The molecule has 2 amide bonds. The first-order chi connectivity index (χ1) is 13.5. The number of aryl methyl sites for hydroxylation is 3. The maximum Gasteiger partial charge on any atom is 0.293 e. The minimum atomic E-state index is -0.237. The summed E-state index contributed by atoms with van der Waals surface area (Å²) in [4.78, 5) is 27.1. The summed E-state index contributed by atoms with van der Waals surface area (Å²) in [5, 5.41) is -0.226. The number of hydrogen-bond donors (Lipinski definition) is 0. The van der Waals surface area contributed by atoms with Gasteiger partial charge in [-0.2, -0.15) is 0 Å². The molecule has 1 saturated heterocycles. The lowest BCUT2D eigenvalue weighted by molar-refractivity contribution is -0.123. The van der Waals surface area contributed by atoms with Crippen molar-refractivity contribution in [2.45, 2.75) is 39.7 Å². The molecular weight excluding hydrogens is 370 g/mol. The minimum absolute atomic E-state index is 0.226. The van der Waals surface area contributed by atoms with Crippen LogP contribution in [0.1, 0.15) is 41.2 Å². The van der Waals surface area contributed by atoms with Crippen molar-refractivity contribution in [3.8, 4) is 5.75 Å². The maximum atomic E-state index is 12.9. The lowest BCUT2D eigenvalue weighted by Gasteiger charge is -2.13. The zero-order chi connectivity index (χ0) is 19.7. The lowest BCUT2D eigenvalue weighted by Crippen LogP contribution is -2.27. The second-order valence-corrected chi connectivity index (χ2v) is 8.19. The van der Waals surface area contributed by atoms with E-state index >= 15 is 0 Å². The van der Waals surface area contributed by atoms with Crippen molar-refractivity contribution in [1.29, 1.82) is 0 Å². The molecule has 1 aliphatic heterocycles. The van der Waals surface area contributed by atoms with Crippen molar-refractivity contribution in [1.82, 2.24) is 4.90 Å². The van der Waals surface area contributed by atoms with Crippen LogP contribution in [0.3, 0.4) is 0 Å². The molecule has 0 unspecified atom stereocenters. The van der Waals surface area contributed by atoms with Gasteiger partial charge < -0.3 is 4.74 Å². The Hall–Kier alpha value is -2.53. The Balaban J connectivity index is 1.61. The number of thioether (sulfide) groups is 1. The van der Waals surface area contributed by atoms with Gasteiger partial charge in [-0.05, 0) is 79.8 Å². The summed E-state index contributed by atoms with van der Waals surface area (Å²) in [5.41, 5.74) is 5.62. The van der Waals surface area contributed by atoms with Gasteiger partial charge in [-0.3, -0.25) is 14.5 Å². The number of fused-ring (bicyclic) bond motifs is 1. The van der Waals surface area contributed by atoms with Crippen molar-refractivity contribution in [3.63, 3.8) is 0 Å². The molecule has 4 nitrogen and oxygen atoms in total. The number of amides is 2. The number of carbonyl (C=O) groups excluding carboxylic acids is 2. The van der Waals surface area contributed by atoms with Crippen LogP contribution >= 0.6 is 11.8 Å². The van der Waals surface area contributed by atoms with Gasteiger partial charge in [0.25, 0.3) is 11.1 Å². The monoisotopic (exact) mass is 393 g/mol. The van der Waals surface area contributed by atoms with Crippen LogP contribution in [0, 0.1) is 6.92 Å². The zero-order valence-corrected chi connectivity index (χ0v) is 17.0. The highest BCUT2D eigenvalue weighted by Crippen LogP contribution is 2.37. The number of hydrogen-bond acceptors (Lipinski definition) is 4. The molecule has 1 fully saturated rings. The summed E-state index contributed by atoms with van der Waals surface area (Å²) < 4.78 is 5.80. The third-order valence-electron chi connectivity index (χ3n) is 5.15. The van der Waals surface area contributed by atoms with E-state index in [1.807, 2.05) is 44.2 Å². The normalized spacial score (nSPS) is 17.5. The summed E-state index contributed by atoms with van der Waals surface area (Å²) in [5.74, 6) is 0.548. The van der Waals surface area contributed by atoms with Gasteiger partial charge in [0.05, 0.1) is 18.1 Å². The molecule has 0 spiro atoms. The fourth-order valence-electron chi connectivity index (χ4n) is 3.67. The van der Waals surface area contributed by atoms with Gasteiger partial charge >= 0.3 is 0 Å². The highest BCUT2D eigenvalue weighted by molar-refractivity contribution is 8.18. The third kappa shape index (κ3) is 3.72. The minimum Gasteiger partial charge on any atom is -0.493 e. The number of ether oxygens (including phenoxy) is 1. The van der Waals surface area contributed by atoms with Gasteiger partial charge in [-0.15, -0.1) is 0 Å². The van der Waals surface area contributed by atoms with Gasteiger partial charge in [0.1, 0.15) is 5.75 Å². The molecule has 0 N–H and O–H groups in total. The number of carbonyl (C=O) groups is 2. The van der Waals surface area contributed by atoms with E-state index in [9.17, 15) is 9.59 Å². The van der Waals surface area contributed by atoms with Crippen LogP contribution in [-0.4, -0.2) is 22.7 Å². The topological polar surface area (TPSA) is 46.6 Å². The molecule has 144 valence electrons. The quantitative estimate of drug-likeness (QED) is 0.662. The van der Waals surface area contributed by atoms with Crippen molar-refractivity contribution < 1.29 is 14.3 Å². The van der Waals surface area contributed by atoms with Crippen molar-refractivity contribution in [2.75, 3.05) is 6.61 Å². The molecule has 4 rings (SSSR count). The molecule has 28 heavy (non-hydrogen) atoms. The smallest absolute Gasteiger partial charge is 0.293 e. The summed E-state index contributed by atoms with van der Waals surface area (Å²) in [6.07, 6.45) is 5.08. The van der Waals surface area contributed by atoms with E-state index in [0.717, 1.165) is 53.5 Å². The van der Waals surface area contributed by atoms with Crippen LogP contribution in [0.5, 0.6) is 5.75 Å². The number of nitrogens with zero attached hydrogens (tertiary/aromatic N) is 1. The van der Waals surface area contributed by atoms with Gasteiger partial charge in [0.2, 0.25) is 0 Å². The molecule has 2 aromatic carbocycles. The Bertz CT molecular complexity index is 963. The van der Waals surface area contributed by atoms with E-state index in [0.29, 0.717) is 18.1 Å². The van der Waals surface area contributed by atoms with Crippen molar-refractivity contribution >= 4 is 29.0 Å². The molecule has 0 bridgehead atoms. The van der Waals surface area contributed by atoms with E-state index in [2.05, 4.69) is 12.1 Å². The Morgan fingerprint density at radius 2 is 1.82 bits per heavy atom. The van der Waals surface area contributed by atoms with Crippen LogP contribution in [0.15, 0.2) is 41.3 Å². The molecule has 1 aliphatic carbocycles. The zero-order valence-electron chi connectivity index (χ0n) is 16.2. The van der Waals surface area contributed by atoms with Crippen molar-refractivity contribution in [2.24, 2.45) is 0 Å². The molecule has 0 saturated carbocycles. The van der Waals surface area contributed by atoms with E-state index in [4.69, 9.17) is 4.74 Å². The first-order valence-electron chi connectivity index (χ1n) is 9.64. The van der Waals surface area contributed by atoms with Crippen LogP contribution in [0.4, 0.5) is 4.79 Å². The van der Waals surface area contributed by atoms with Crippen LogP contribution in [0.25, 0.3) is 6.08 Å². The Kier molecular flexibility index (Phi) is 5.27. The first kappa shape index (κ1) is 18.8. The second kappa shape index (κ2) is 7.84. The molecule has 0 radical (unpaired) electrons. The molecule has 2 aromatic rings. The van der Waals surface area contributed by atoms with Crippen LogP contribution < -0.4 is 4.74 Å². The summed E-state index contributed by atoms with van der Waals surface area (Å²) >= 11 is 1.00. The van der Waals surface area contributed by atoms with Crippen LogP contribution in [-0.2, 0) is 24.2 Å². The van der Waals surface area contributed by atoms with E-state index in [1.165, 1.54) is 16.0 Å². The van der Waals surface area contributed by atoms with Crippen LogP contribution in [0.2, 0.25) is 0 Å². The Morgan fingerprint density at radius 3 is 2.54 bits per heavy atom. The van der Waals surface area contributed by atoms with Gasteiger partial charge in [-0.25, -0.2) is 0 Å². The Labute approximate surface area is 169 Å². The standard InChI is InChI=1S/C23H23NO3S/c1-3-27-20-12-18-6-4-5-17(18)11-19(20)13-21-22(25)24(23(26)28-21)14-16-9-7-15(2)8-10-16/h7-13H,3-6,14H2,1-2H3/b21-13+. The van der Waals surface area contributed by atoms with Crippen molar-refractivity contribution in [3.05, 3.63) is 69.1 Å². The van der Waals surface area contributed by atoms with Gasteiger partial charge in [-0.1, -0.05) is 29.8 Å². The summed E-state index contributed by atoms with van der Waals surface area (Å²) in [6.45, 7) is 4.82. The van der Waals surface area contributed by atoms with Gasteiger partial charge in [0, 0.05) is 5.56 Å². The first-order valence-corrected chi connectivity index (χ1v) is 10.5. The highest BCUT2D eigenvalue weighted by Gasteiger charge is 2.35. The number of benzene rings is 2. The fraction of sp³-hybridized carbons (Fsp3) is 0.304. The summed E-state index contributed by atoms with van der Waals surface area (Å²) in [6, 6.07) is 12.1. The largest absolute Gasteiger partial charge is 0.493 e. The van der Waals surface area contributed by atoms with E-state index in [-0.39, 0.29) is 11.1 Å². The highest BCUT2D eigenvalue weighted by atomic mass is 32.2. The van der Waals surface area contributed by atoms with E-state index < -0.39 is 0 Å². The van der Waals surface area contributed by atoms with E-state index in [1.54, 1.807) is 0 Å². The molecule has 5 heteroatoms. The second-order valence-electron chi connectivity index (χ2n) is 7.20. The molecular formula is C23H23NO3S. The Morgan fingerprint density at radius 1 is 1.11 bits per heavy atom. The predicted octanol–water partition coefficient (Wildman–Crippen LogP) is 5.12. The average molecular weight is 394 g/mol.